The van der Waals surface area contributed by atoms with Gasteiger partial charge < -0.3 is 14.8 Å². The number of carbonyl (C=O) groups excluding carboxylic acids is 1. The molecule has 1 aromatic heterocycles. The van der Waals surface area contributed by atoms with E-state index in [0.29, 0.717) is 34.4 Å². The minimum Gasteiger partial charge on any atom is -0.497 e. The van der Waals surface area contributed by atoms with Gasteiger partial charge in [0.1, 0.15) is 21.8 Å². The first kappa shape index (κ1) is 19.9. The summed E-state index contributed by atoms with van der Waals surface area (Å²) in [4.78, 5) is 12.8. The minimum absolute atomic E-state index is 0.134. The molecule has 0 aliphatic carbocycles. The summed E-state index contributed by atoms with van der Waals surface area (Å²) in [5, 5.41) is 2.76. The molecule has 1 fully saturated rings. The highest BCUT2D eigenvalue weighted by atomic mass is 35.5. The van der Waals surface area contributed by atoms with Crippen LogP contribution in [0.15, 0.2) is 34.5 Å². The van der Waals surface area contributed by atoms with Crippen LogP contribution < -0.4 is 14.8 Å². The first-order valence-electron chi connectivity index (χ1n) is 8.16. The Morgan fingerprint density at radius 1 is 1.22 bits per heavy atom. The zero-order valence-corrected chi connectivity index (χ0v) is 17.2. The molecule has 1 saturated heterocycles. The Bertz CT molecular complexity index is 922. The van der Waals surface area contributed by atoms with Crippen molar-refractivity contribution in [3.05, 3.63) is 34.7 Å². The lowest BCUT2D eigenvalue weighted by Gasteiger charge is -2.22. The molecule has 1 amide bonds. The quantitative estimate of drug-likeness (QED) is 0.760. The maximum atomic E-state index is 12.9. The third-order valence-electron chi connectivity index (χ3n) is 4.24. The lowest BCUT2D eigenvalue weighted by molar-refractivity contribution is -0.119. The molecule has 0 saturated carbocycles. The van der Waals surface area contributed by atoms with Gasteiger partial charge in [0.05, 0.1) is 18.6 Å². The first-order chi connectivity index (χ1) is 12.8. The predicted octanol–water partition coefficient (Wildman–Crippen LogP) is 3.21. The monoisotopic (exact) mass is 430 g/mol. The van der Waals surface area contributed by atoms with Crippen molar-refractivity contribution in [1.29, 1.82) is 0 Å². The molecule has 1 aromatic carbocycles. The van der Waals surface area contributed by atoms with Crippen LogP contribution in [0.5, 0.6) is 11.5 Å². The summed E-state index contributed by atoms with van der Waals surface area (Å²) >= 11 is 6.85. The lowest BCUT2D eigenvalue weighted by atomic mass is 10.2. The number of hydrogen-bond acceptors (Lipinski definition) is 6. The molecule has 1 aliphatic rings. The van der Waals surface area contributed by atoms with E-state index >= 15 is 0 Å². The number of sulfonamides is 1. The molecule has 0 unspecified atom stereocenters. The molecule has 2 heterocycles. The topological polar surface area (TPSA) is 84.9 Å². The zero-order chi connectivity index (χ0) is 19.6. The molecule has 1 atom stereocenters. The molecule has 1 N–H and O–H groups in total. The fraction of sp³-hybridized carbons (Fsp3) is 0.353. The number of halogens is 1. The van der Waals surface area contributed by atoms with E-state index < -0.39 is 22.0 Å². The highest BCUT2D eigenvalue weighted by Gasteiger charge is 2.40. The summed E-state index contributed by atoms with van der Waals surface area (Å²) in [7, 11) is -0.749. The maximum Gasteiger partial charge on any atom is 0.253 e. The fourth-order valence-electron chi connectivity index (χ4n) is 2.95. The summed E-state index contributed by atoms with van der Waals surface area (Å²) in [6.07, 6.45) is 1.06. The highest BCUT2D eigenvalue weighted by Crippen LogP contribution is 2.33. The van der Waals surface area contributed by atoms with E-state index in [1.54, 1.807) is 18.2 Å². The van der Waals surface area contributed by atoms with E-state index in [2.05, 4.69) is 5.32 Å². The zero-order valence-electron chi connectivity index (χ0n) is 14.8. The molecular weight excluding hydrogens is 412 g/mol. The second-order valence-corrected chi connectivity index (χ2v) is 9.76. The number of methoxy groups -OCH3 is 2. The maximum absolute atomic E-state index is 12.9. The van der Waals surface area contributed by atoms with Crippen LogP contribution in [0.4, 0.5) is 5.69 Å². The smallest absolute Gasteiger partial charge is 0.253 e. The average Bonchev–Trinajstić information content (AvgIpc) is 3.31. The number of anilines is 1. The van der Waals surface area contributed by atoms with Gasteiger partial charge in [-0.2, -0.15) is 4.31 Å². The number of ether oxygens (including phenoxy) is 2. The number of benzene rings is 1. The van der Waals surface area contributed by atoms with Crippen LogP contribution in [0, 0.1) is 0 Å². The van der Waals surface area contributed by atoms with Crippen molar-refractivity contribution < 1.29 is 22.7 Å². The van der Waals surface area contributed by atoms with Crippen LogP contribution in [0.2, 0.25) is 4.34 Å². The Morgan fingerprint density at radius 2 is 1.89 bits per heavy atom. The van der Waals surface area contributed by atoms with Gasteiger partial charge in [-0.3, -0.25) is 4.79 Å². The van der Waals surface area contributed by atoms with E-state index in [4.69, 9.17) is 21.1 Å². The van der Waals surface area contributed by atoms with Gasteiger partial charge in [-0.1, -0.05) is 11.6 Å². The van der Waals surface area contributed by atoms with Crippen molar-refractivity contribution in [2.24, 2.45) is 0 Å². The molecule has 146 valence electrons. The van der Waals surface area contributed by atoms with Gasteiger partial charge in [-0.25, -0.2) is 8.42 Å². The number of amides is 1. The van der Waals surface area contributed by atoms with Crippen molar-refractivity contribution in [3.8, 4) is 11.5 Å². The van der Waals surface area contributed by atoms with Crippen LogP contribution in [-0.2, 0) is 14.8 Å². The number of nitrogens with one attached hydrogen (secondary N) is 1. The Balaban J connectivity index is 1.82. The van der Waals surface area contributed by atoms with Crippen molar-refractivity contribution in [1.82, 2.24) is 4.31 Å². The van der Waals surface area contributed by atoms with Gasteiger partial charge >= 0.3 is 0 Å². The van der Waals surface area contributed by atoms with Crippen molar-refractivity contribution in [2.45, 2.75) is 23.1 Å². The van der Waals surface area contributed by atoms with Crippen LogP contribution in [0.3, 0.4) is 0 Å². The standard InChI is InChI=1S/C17H19ClN2O5S2/c1-24-12-8-11(9-13(10-12)25-2)19-17(21)14-4-3-7-20(14)27(22,23)16-6-5-15(18)26-16/h5-6,8-10,14H,3-4,7H2,1-2H3,(H,19,21)/t14-/m0/s1. The molecular formula is C17H19ClN2O5S2. The Labute approximate surface area is 166 Å². The summed E-state index contributed by atoms with van der Waals surface area (Å²) < 4.78 is 37.9. The van der Waals surface area contributed by atoms with E-state index in [1.165, 1.54) is 30.7 Å². The van der Waals surface area contributed by atoms with Crippen LogP contribution in [-0.4, -0.2) is 45.4 Å². The Morgan fingerprint density at radius 3 is 2.44 bits per heavy atom. The number of rotatable bonds is 6. The third-order valence-corrected chi connectivity index (χ3v) is 7.84. The van der Waals surface area contributed by atoms with Crippen molar-refractivity contribution >= 4 is 44.6 Å². The van der Waals surface area contributed by atoms with Gasteiger partial charge in [0, 0.05) is 30.4 Å². The van der Waals surface area contributed by atoms with Gasteiger partial charge in [0.25, 0.3) is 10.0 Å². The Kier molecular flexibility index (Phi) is 5.95. The van der Waals surface area contributed by atoms with Crippen molar-refractivity contribution in [2.75, 3.05) is 26.1 Å². The number of nitrogens with zero attached hydrogens (tertiary/aromatic N) is 1. The molecule has 0 bridgehead atoms. The van der Waals surface area contributed by atoms with Crippen molar-refractivity contribution in [3.63, 3.8) is 0 Å². The summed E-state index contributed by atoms with van der Waals surface area (Å²) in [6, 6.07) is 7.19. The molecule has 0 radical (unpaired) electrons. The molecule has 3 rings (SSSR count). The van der Waals surface area contributed by atoms with E-state index in [-0.39, 0.29) is 10.8 Å². The third kappa shape index (κ3) is 4.21. The van der Waals surface area contributed by atoms with Gasteiger partial charge in [0.2, 0.25) is 5.91 Å². The second-order valence-electron chi connectivity index (χ2n) is 5.92. The molecule has 1 aliphatic heterocycles. The van der Waals surface area contributed by atoms with Gasteiger partial charge in [-0.05, 0) is 25.0 Å². The molecule has 2 aromatic rings. The fourth-order valence-corrected chi connectivity index (χ4v) is 6.22. The summed E-state index contributed by atoms with van der Waals surface area (Å²) in [5.41, 5.74) is 0.472. The molecule has 27 heavy (non-hydrogen) atoms. The van der Waals surface area contributed by atoms with E-state index in [9.17, 15) is 13.2 Å². The average molecular weight is 431 g/mol. The summed E-state index contributed by atoms with van der Waals surface area (Å²) in [5.74, 6) is 0.650. The number of hydrogen-bond donors (Lipinski definition) is 1. The predicted molar refractivity (Wildman–Crippen MR) is 104 cm³/mol. The van der Waals surface area contributed by atoms with E-state index in [0.717, 1.165) is 11.3 Å². The second kappa shape index (κ2) is 8.05. The van der Waals surface area contributed by atoms with Gasteiger partial charge in [-0.15, -0.1) is 11.3 Å². The highest BCUT2D eigenvalue weighted by molar-refractivity contribution is 7.91. The first-order valence-corrected chi connectivity index (χ1v) is 10.8. The molecule has 0 spiro atoms. The minimum atomic E-state index is -3.77. The SMILES string of the molecule is COc1cc(NC(=O)[C@@H]2CCCN2S(=O)(=O)c2ccc(Cl)s2)cc(OC)c1. The van der Waals surface area contributed by atoms with E-state index in [1.807, 2.05) is 0 Å². The number of thiophene rings is 1. The van der Waals surface area contributed by atoms with Crippen LogP contribution in [0.1, 0.15) is 12.8 Å². The normalized spacial score (nSPS) is 17.7. The van der Waals surface area contributed by atoms with Crippen LogP contribution in [0.25, 0.3) is 0 Å². The van der Waals surface area contributed by atoms with Crippen LogP contribution >= 0.6 is 22.9 Å². The lowest BCUT2D eigenvalue weighted by Crippen LogP contribution is -2.42. The van der Waals surface area contributed by atoms with Gasteiger partial charge in [0.15, 0.2) is 0 Å². The molecule has 7 nitrogen and oxygen atoms in total. The Hall–Kier alpha value is -1.81. The largest absolute Gasteiger partial charge is 0.497 e. The summed E-state index contributed by atoms with van der Waals surface area (Å²) in [6.45, 7) is 0.289. The molecule has 10 heteroatoms. The number of carbonyl (C=O) groups is 1.